The highest BCUT2D eigenvalue weighted by molar-refractivity contribution is 5.46. The molecule has 2 aromatic carbocycles. The summed E-state index contributed by atoms with van der Waals surface area (Å²) in [5, 5.41) is 0. The van der Waals surface area contributed by atoms with Crippen LogP contribution in [0.1, 0.15) is 29.5 Å². The second kappa shape index (κ2) is 5.68. The summed E-state index contributed by atoms with van der Waals surface area (Å²) >= 11 is 0. The Bertz CT molecular complexity index is 587. The molecule has 20 heavy (non-hydrogen) atoms. The van der Waals surface area contributed by atoms with Crippen LogP contribution in [0.3, 0.4) is 0 Å². The number of para-hydroxylation sites is 1. The van der Waals surface area contributed by atoms with E-state index in [4.69, 9.17) is 5.73 Å². The van der Waals surface area contributed by atoms with Crippen LogP contribution >= 0.6 is 0 Å². The number of nitrogens with two attached hydrogens (primary N) is 1. The first-order valence-electron chi connectivity index (χ1n) is 7.35. The van der Waals surface area contributed by atoms with Gasteiger partial charge in [0, 0.05) is 24.8 Å². The summed E-state index contributed by atoms with van der Waals surface area (Å²) in [5.41, 5.74) is 11.0. The van der Waals surface area contributed by atoms with Crippen molar-refractivity contribution >= 4 is 5.69 Å². The topological polar surface area (TPSA) is 29.3 Å². The molecule has 0 radical (unpaired) electrons. The Kier molecular flexibility index (Phi) is 3.75. The highest BCUT2D eigenvalue weighted by Crippen LogP contribution is 2.30. The third-order valence-electron chi connectivity index (χ3n) is 3.96. The average molecular weight is 266 g/mol. The molecule has 1 saturated carbocycles. The predicted molar refractivity (Wildman–Crippen MR) is 84.3 cm³/mol. The van der Waals surface area contributed by atoms with Gasteiger partial charge in [0.1, 0.15) is 0 Å². The van der Waals surface area contributed by atoms with Crippen LogP contribution in [0.15, 0.2) is 48.5 Å². The highest BCUT2D eigenvalue weighted by atomic mass is 15.2. The van der Waals surface area contributed by atoms with E-state index in [1.807, 2.05) is 12.1 Å². The van der Waals surface area contributed by atoms with Crippen LogP contribution in [0.5, 0.6) is 0 Å². The lowest BCUT2D eigenvalue weighted by Crippen LogP contribution is -2.25. The molecule has 0 aromatic heterocycles. The van der Waals surface area contributed by atoms with Gasteiger partial charge in [-0.15, -0.1) is 0 Å². The number of benzene rings is 2. The molecule has 0 amide bonds. The molecule has 0 aliphatic heterocycles. The molecule has 0 spiro atoms. The first-order valence-corrected chi connectivity index (χ1v) is 7.35. The Morgan fingerprint density at radius 2 is 1.85 bits per heavy atom. The van der Waals surface area contributed by atoms with Crippen LogP contribution < -0.4 is 5.73 Å². The van der Waals surface area contributed by atoms with Crippen molar-refractivity contribution in [1.29, 1.82) is 0 Å². The molecular weight excluding hydrogens is 244 g/mol. The third kappa shape index (κ3) is 3.20. The average Bonchev–Trinajstić information content (AvgIpc) is 3.25. The summed E-state index contributed by atoms with van der Waals surface area (Å²) < 4.78 is 0. The summed E-state index contributed by atoms with van der Waals surface area (Å²) in [6, 6.07) is 17.7. The van der Waals surface area contributed by atoms with Crippen LogP contribution in [0.4, 0.5) is 5.69 Å². The van der Waals surface area contributed by atoms with Gasteiger partial charge in [0.15, 0.2) is 0 Å². The van der Waals surface area contributed by atoms with Gasteiger partial charge < -0.3 is 5.73 Å². The Morgan fingerprint density at radius 3 is 2.55 bits per heavy atom. The standard InChI is InChI=1S/C18H22N2/c1-14-5-4-6-15(11-14)12-20(17-9-10-17)13-16-7-2-3-8-18(16)19/h2-8,11,17H,9-10,12-13,19H2,1H3. The monoisotopic (exact) mass is 266 g/mol. The highest BCUT2D eigenvalue weighted by Gasteiger charge is 2.29. The van der Waals surface area contributed by atoms with Gasteiger partial charge >= 0.3 is 0 Å². The molecule has 0 unspecified atom stereocenters. The van der Waals surface area contributed by atoms with E-state index in [2.05, 4.69) is 48.2 Å². The summed E-state index contributed by atoms with van der Waals surface area (Å²) in [4.78, 5) is 2.56. The van der Waals surface area contributed by atoms with Crippen LogP contribution in [-0.4, -0.2) is 10.9 Å². The molecule has 0 atom stereocenters. The van der Waals surface area contributed by atoms with E-state index in [1.165, 1.54) is 29.5 Å². The fourth-order valence-corrected chi connectivity index (χ4v) is 2.70. The van der Waals surface area contributed by atoms with Gasteiger partial charge in [0.05, 0.1) is 0 Å². The van der Waals surface area contributed by atoms with Crippen LogP contribution in [0, 0.1) is 6.92 Å². The number of aryl methyl sites for hydroxylation is 1. The minimum absolute atomic E-state index is 0.732. The molecule has 1 aliphatic carbocycles. The molecule has 2 nitrogen and oxygen atoms in total. The van der Waals surface area contributed by atoms with Crippen molar-refractivity contribution < 1.29 is 0 Å². The third-order valence-corrected chi connectivity index (χ3v) is 3.96. The lowest BCUT2D eigenvalue weighted by Gasteiger charge is -2.23. The Balaban J connectivity index is 1.75. The SMILES string of the molecule is Cc1cccc(CN(Cc2ccccc2N)C2CC2)c1. The van der Waals surface area contributed by atoms with Gasteiger partial charge in [-0.05, 0) is 37.0 Å². The fraction of sp³-hybridized carbons (Fsp3) is 0.333. The van der Waals surface area contributed by atoms with Gasteiger partial charge in [-0.1, -0.05) is 48.0 Å². The summed E-state index contributed by atoms with van der Waals surface area (Å²) in [7, 11) is 0. The van der Waals surface area contributed by atoms with Gasteiger partial charge in [-0.3, -0.25) is 4.90 Å². The zero-order valence-corrected chi connectivity index (χ0v) is 12.0. The van der Waals surface area contributed by atoms with Gasteiger partial charge in [-0.25, -0.2) is 0 Å². The molecule has 2 N–H and O–H groups in total. The van der Waals surface area contributed by atoms with E-state index in [0.717, 1.165) is 24.8 Å². The predicted octanol–water partition coefficient (Wildman–Crippen LogP) is 3.74. The quantitative estimate of drug-likeness (QED) is 0.835. The Morgan fingerprint density at radius 1 is 1.05 bits per heavy atom. The van der Waals surface area contributed by atoms with Gasteiger partial charge in [0.25, 0.3) is 0 Å². The largest absolute Gasteiger partial charge is 0.398 e. The van der Waals surface area contributed by atoms with E-state index in [0.29, 0.717) is 0 Å². The van der Waals surface area contributed by atoms with Crippen molar-refractivity contribution in [3.63, 3.8) is 0 Å². The Labute approximate surface area is 121 Å². The number of nitrogen functional groups attached to an aromatic ring is 1. The molecule has 0 bridgehead atoms. The molecule has 1 fully saturated rings. The van der Waals surface area contributed by atoms with E-state index in [-0.39, 0.29) is 0 Å². The van der Waals surface area contributed by atoms with Crippen molar-refractivity contribution in [2.24, 2.45) is 0 Å². The second-order valence-corrected chi connectivity index (χ2v) is 5.82. The first-order chi connectivity index (χ1) is 9.72. The number of nitrogens with zero attached hydrogens (tertiary/aromatic N) is 1. The zero-order valence-electron chi connectivity index (χ0n) is 12.0. The van der Waals surface area contributed by atoms with Gasteiger partial charge in [-0.2, -0.15) is 0 Å². The minimum Gasteiger partial charge on any atom is -0.398 e. The van der Waals surface area contributed by atoms with E-state index in [9.17, 15) is 0 Å². The van der Waals surface area contributed by atoms with Crippen LogP contribution in [0.2, 0.25) is 0 Å². The first kappa shape index (κ1) is 13.2. The number of hydrogen-bond donors (Lipinski definition) is 1. The molecule has 3 rings (SSSR count). The Hall–Kier alpha value is -1.80. The van der Waals surface area contributed by atoms with Crippen LogP contribution in [-0.2, 0) is 13.1 Å². The maximum absolute atomic E-state index is 6.08. The van der Waals surface area contributed by atoms with Crippen molar-refractivity contribution in [1.82, 2.24) is 4.90 Å². The smallest absolute Gasteiger partial charge is 0.0359 e. The lowest BCUT2D eigenvalue weighted by molar-refractivity contribution is 0.246. The summed E-state index contributed by atoms with van der Waals surface area (Å²) in [5.74, 6) is 0. The van der Waals surface area contributed by atoms with Crippen molar-refractivity contribution in [3.05, 3.63) is 65.2 Å². The van der Waals surface area contributed by atoms with Crippen molar-refractivity contribution in [2.45, 2.75) is 38.9 Å². The lowest BCUT2D eigenvalue weighted by atomic mass is 10.1. The summed E-state index contributed by atoms with van der Waals surface area (Å²) in [6.45, 7) is 4.12. The maximum atomic E-state index is 6.08. The van der Waals surface area contributed by atoms with E-state index >= 15 is 0 Å². The molecule has 0 saturated heterocycles. The van der Waals surface area contributed by atoms with Crippen LogP contribution in [0.25, 0.3) is 0 Å². The molecule has 2 heteroatoms. The fourth-order valence-electron chi connectivity index (χ4n) is 2.70. The summed E-state index contributed by atoms with van der Waals surface area (Å²) in [6.07, 6.45) is 2.64. The van der Waals surface area contributed by atoms with Crippen molar-refractivity contribution in [2.75, 3.05) is 5.73 Å². The molecule has 0 heterocycles. The molecule has 2 aromatic rings. The number of rotatable bonds is 5. The minimum atomic E-state index is 0.732. The van der Waals surface area contributed by atoms with Gasteiger partial charge in [0.2, 0.25) is 0 Å². The number of hydrogen-bond acceptors (Lipinski definition) is 2. The normalized spacial score (nSPS) is 14.7. The molecular formula is C18H22N2. The second-order valence-electron chi connectivity index (χ2n) is 5.82. The van der Waals surface area contributed by atoms with E-state index < -0.39 is 0 Å². The van der Waals surface area contributed by atoms with Crippen molar-refractivity contribution in [3.8, 4) is 0 Å². The molecule has 1 aliphatic rings. The van der Waals surface area contributed by atoms with E-state index in [1.54, 1.807) is 0 Å². The zero-order chi connectivity index (χ0) is 13.9. The molecule has 104 valence electrons. The number of anilines is 1. The maximum Gasteiger partial charge on any atom is 0.0359 e.